The second kappa shape index (κ2) is 13.3. The van der Waals surface area contributed by atoms with Crippen molar-refractivity contribution in [3.8, 4) is 0 Å². The zero-order valence-corrected chi connectivity index (χ0v) is 16.3. The van der Waals surface area contributed by atoms with Crippen molar-refractivity contribution >= 4 is 41.3 Å². The predicted molar refractivity (Wildman–Crippen MR) is 101 cm³/mol. The largest absolute Gasteiger partial charge is 0.383 e. The number of nitrogens with one attached hydrogen (secondary N) is 2. The number of guanidine groups is 1. The Morgan fingerprint density at radius 1 is 1.38 bits per heavy atom. The van der Waals surface area contributed by atoms with Crippen molar-refractivity contribution in [2.45, 2.75) is 33.1 Å². The van der Waals surface area contributed by atoms with Crippen molar-refractivity contribution in [1.29, 1.82) is 0 Å². The van der Waals surface area contributed by atoms with Crippen molar-refractivity contribution in [2.75, 3.05) is 33.4 Å². The fourth-order valence-electron chi connectivity index (χ4n) is 1.71. The Morgan fingerprint density at radius 3 is 2.81 bits per heavy atom. The molecule has 0 aliphatic rings. The van der Waals surface area contributed by atoms with E-state index in [0.717, 1.165) is 50.6 Å². The first kappa shape index (κ1) is 20.6. The van der Waals surface area contributed by atoms with E-state index in [1.807, 2.05) is 6.92 Å². The van der Waals surface area contributed by atoms with Crippen LogP contribution in [0.4, 0.5) is 0 Å². The topological polar surface area (TPSA) is 58.5 Å². The van der Waals surface area contributed by atoms with E-state index < -0.39 is 0 Å². The smallest absolute Gasteiger partial charge is 0.191 e. The Labute approximate surface area is 149 Å². The van der Waals surface area contributed by atoms with E-state index in [-0.39, 0.29) is 24.0 Å². The highest BCUT2D eigenvalue weighted by molar-refractivity contribution is 14.0. The number of aliphatic imine (C=N–C) groups is 1. The molecule has 5 nitrogen and oxygen atoms in total. The Balaban J connectivity index is 0.00000400. The van der Waals surface area contributed by atoms with Crippen molar-refractivity contribution in [2.24, 2.45) is 4.99 Å². The molecule has 0 saturated carbocycles. The van der Waals surface area contributed by atoms with Gasteiger partial charge in [0.25, 0.3) is 0 Å². The molecule has 0 aromatic carbocycles. The van der Waals surface area contributed by atoms with Gasteiger partial charge in [-0.25, -0.2) is 4.98 Å². The summed E-state index contributed by atoms with van der Waals surface area (Å²) >= 11 is 1.75. The molecule has 1 aromatic heterocycles. The summed E-state index contributed by atoms with van der Waals surface area (Å²) < 4.78 is 5.01. The van der Waals surface area contributed by atoms with Crippen LogP contribution in [-0.2, 0) is 11.2 Å². The lowest BCUT2D eigenvalue weighted by Gasteiger charge is -2.10. The average molecular weight is 426 g/mol. The van der Waals surface area contributed by atoms with E-state index in [4.69, 9.17) is 4.74 Å². The Morgan fingerprint density at radius 2 is 2.19 bits per heavy atom. The van der Waals surface area contributed by atoms with Gasteiger partial charge in [-0.15, -0.1) is 35.3 Å². The zero-order chi connectivity index (χ0) is 14.6. The maximum absolute atomic E-state index is 5.01. The Bertz CT molecular complexity index is 398. The molecule has 1 rings (SSSR count). The molecule has 0 unspecified atom stereocenters. The van der Waals surface area contributed by atoms with E-state index in [9.17, 15) is 0 Å². The lowest BCUT2D eigenvalue weighted by Crippen LogP contribution is -2.39. The number of nitrogens with zero attached hydrogens (tertiary/aromatic N) is 2. The SMILES string of the molecule is CCNC(=NCCCCc1nc(C)cs1)NCCOC.I. The van der Waals surface area contributed by atoms with E-state index in [0.29, 0.717) is 6.61 Å². The van der Waals surface area contributed by atoms with Crippen LogP contribution < -0.4 is 10.6 Å². The quantitative estimate of drug-likeness (QED) is 0.276. The standard InChI is InChI=1S/C14H26N4OS.HI/c1-4-15-14(17-9-10-19-3)16-8-6-5-7-13-18-12(2)11-20-13;/h11H,4-10H2,1-3H3,(H2,15,16,17);1H. The molecule has 0 bridgehead atoms. The van der Waals surface area contributed by atoms with Gasteiger partial charge in [-0.2, -0.15) is 0 Å². The third-order valence-electron chi connectivity index (χ3n) is 2.68. The second-order valence-corrected chi connectivity index (χ2v) is 5.46. The number of halogens is 1. The molecule has 2 N–H and O–H groups in total. The number of ether oxygens (including phenoxy) is 1. The number of rotatable bonds is 9. The highest BCUT2D eigenvalue weighted by atomic mass is 127. The second-order valence-electron chi connectivity index (χ2n) is 4.52. The van der Waals surface area contributed by atoms with Gasteiger partial charge in [-0.1, -0.05) is 0 Å². The fraction of sp³-hybridized carbons (Fsp3) is 0.714. The van der Waals surface area contributed by atoms with Crippen LogP contribution >= 0.6 is 35.3 Å². The molecule has 21 heavy (non-hydrogen) atoms. The van der Waals surface area contributed by atoms with Crippen molar-refractivity contribution in [3.63, 3.8) is 0 Å². The molecule has 7 heteroatoms. The van der Waals surface area contributed by atoms with Gasteiger partial charge < -0.3 is 15.4 Å². The predicted octanol–water partition coefficient (Wildman–Crippen LogP) is 2.59. The average Bonchev–Trinajstić information content (AvgIpc) is 2.84. The van der Waals surface area contributed by atoms with Crippen LogP contribution in [0.15, 0.2) is 10.4 Å². The molecule has 0 aliphatic carbocycles. The minimum atomic E-state index is 0. The molecule has 0 fully saturated rings. The monoisotopic (exact) mass is 426 g/mol. The van der Waals surface area contributed by atoms with Gasteiger partial charge in [0.05, 0.1) is 11.6 Å². The number of methoxy groups -OCH3 is 1. The molecule has 1 aromatic rings. The summed E-state index contributed by atoms with van der Waals surface area (Å²) in [5.74, 6) is 0.870. The fourth-order valence-corrected chi connectivity index (χ4v) is 2.53. The van der Waals surface area contributed by atoms with E-state index >= 15 is 0 Å². The summed E-state index contributed by atoms with van der Waals surface area (Å²) in [7, 11) is 1.70. The van der Waals surface area contributed by atoms with Crippen LogP contribution in [0.25, 0.3) is 0 Å². The summed E-state index contributed by atoms with van der Waals surface area (Å²) in [5.41, 5.74) is 1.12. The van der Waals surface area contributed by atoms with Crippen LogP contribution in [0.3, 0.4) is 0 Å². The van der Waals surface area contributed by atoms with Crippen molar-refractivity contribution in [1.82, 2.24) is 15.6 Å². The third kappa shape index (κ3) is 10.0. The van der Waals surface area contributed by atoms with Gasteiger partial charge in [0, 0.05) is 37.8 Å². The molecular formula is C14H27IN4OS. The summed E-state index contributed by atoms with van der Waals surface area (Å²) in [6, 6.07) is 0. The first-order valence-electron chi connectivity index (χ1n) is 7.18. The van der Waals surface area contributed by atoms with Crippen LogP contribution in [0.1, 0.15) is 30.5 Å². The van der Waals surface area contributed by atoms with Crippen LogP contribution in [-0.4, -0.2) is 44.3 Å². The van der Waals surface area contributed by atoms with E-state index in [1.54, 1.807) is 18.4 Å². The van der Waals surface area contributed by atoms with Crippen LogP contribution in [0.5, 0.6) is 0 Å². The number of thiazole rings is 1. The highest BCUT2D eigenvalue weighted by Crippen LogP contribution is 2.11. The number of aryl methyl sites for hydroxylation is 2. The van der Waals surface area contributed by atoms with Crippen LogP contribution in [0, 0.1) is 6.92 Å². The molecule has 0 saturated heterocycles. The third-order valence-corrected chi connectivity index (χ3v) is 3.70. The Hall–Kier alpha value is -0.410. The number of hydrogen-bond acceptors (Lipinski definition) is 4. The number of aromatic nitrogens is 1. The molecule has 0 amide bonds. The lowest BCUT2D eigenvalue weighted by atomic mass is 10.2. The van der Waals surface area contributed by atoms with Crippen molar-refractivity contribution in [3.05, 3.63) is 16.1 Å². The lowest BCUT2D eigenvalue weighted by molar-refractivity contribution is 0.203. The first-order chi connectivity index (χ1) is 9.76. The molecule has 0 radical (unpaired) electrons. The minimum Gasteiger partial charge on any atom is -0.383 e. The van der Waals surface area contributed by atoms with Gasteiger partial charge in [-0.05, 0) is 33.1 Å². The van der Waals surface area contributed by atoms with E-state index in [2.05, 4.69) is 32.9 Å². The van der Waals surface area contributed by atoms with Gasteiger partial charge in [0.1, 0.15) is 0 Å². The summed E-state index contributed by atoms with van der Waals surface area (Å²) in [6.07, 6.45) is 3.27. The van der Waals surface area contributed by atoms with E-state index in [1.165, 1.54) is 5.01 Å². The Kier molecular flexibility index (Phi) is 13.0. The van der Waals surface area contributed by atoms with Gasteiger partial charge in [0.15, 0.2) is 5.96 Å². The molecule has 0 atom stereocenters. The molecular weight excluding hydrogens is 399 g/mol. The molecule has 1 heterocycles. The first-order valence-corrected chi connectivity index (χ1v) is 8.06. The number of hydrogen-bond donors (Lipinski definition) is 2. The van der Waals surface area contributed by atoms with Crippen molar-refractivity contribution < 1.29 is 4.74 Å². The normalized spacial score (nSPS) is 11.1. The summed E-state index contributed by atoms with van der Waals surface area (Å²) in [5, 5.41) is 9.80. The van der Waals surface area contributed by atoms with Gasteiger partial charge in [-0.3, -0.25) is 4.99 Å². The van der Waals surface area contributed by atoms with Gasteiger partial charge >= 0.3 is 0 Å². The zero-order valence-electron chi connectivity index (χ0n) is 13.1. The van der Waals surface area contributed by atoms with Crippen LogP contribution in [0.2, 0.25) is 0 Å². The highest BCUT2D eigenvalue weighted by Gasteiger charge is 1.99. The maximum Gasteiger partial charge on any atom is 0.191 e. The van der Waals surface area contributed by atoms with Gasteiger partial charge in [0.2, 0.25) is 0 Å². The maximum atomic E-state index is 5.01. The summed E-state index contributed by atoms with van der Waals surface area (Å²) in [6.45, 7) is 7.29. The number of unbranched alkanes of at least 4 members (excludes halogenated alkanes) is 1. The molecule has 122 valence electrons. The molecule has 0 aliphatic heterocycles. The minimum absolute atomic E-state index is 0. The summed E-state index contributed by atoms with van der Waals surface area (Å²) in [4.78, 5) is 9.01. The molecule has 0 spiro atoms.